The molecule has 0 aliphatic rings. The summed E-state index contributed by atoms with van der Waals surface area (Å²) in [4.78, 5) is 0. The summed E-state index contributed by atoms with van der Waals surface area (Å²) in [5, 5.41) is 0. The monoisotopic (exact) mass is 331 g/mol. The molecule has 0 unspecified atom stereocenters. The van der Waals surface area contributed by atoms with Gasteiger partial charge in [0.2, 0.25) is 0 Å². The van der Waals surface area contributed by atoms with E-state index in [4.69, 9.17) is 11.2 Å². The van der Waals surface area contributed by atoms with Crippen LogP contribution in [0.5, 0.6) is 5.75 Å². The lowest BCUT2D eigenvalue weighted by atomic mass is 9.94. The Labute approximate surface area is 140 Å². The summed E-state index contributed by atoms with van der Waals surface area (Å²) >= 11 is 0. The Balaban J connectivity index is 2.58. The van der Waals surface area contributed by atoms with Crippen LogP contribution in [-0.4, -0.2) is 6.61 Å². The van der Waals surface area contributed by atoms with Crippen molar-refractivity contribution in [3.8, 4) is 29.2 Å². The van der Waals surface area contributed by atoms with Crippen LogP contribution in [0.25, 0.3) is 11.1 Å². The van der Waals surface area contributed by atoms with Gasteiger partial charge in [0, 0.05) is 0 Å². The molecule has 1 radical (unpaired) electrons. The Bertz CT molecular complexity index is 750. The molecule has 0 aliphatic heterocycles. The first-order valence-electron chi connectivity index (χ1n) is 7.47. The van der Waals surface area contributed by atoms with E-state index in [-0.39, 0.29) is 23.5 Å². The highest BCUT2D eigenvalue weighted by Gasteiger charge is 2.34. The molecule has 0 saturated heterocycles. The van der Waals surface area contributed by atoms with Crippen molar-refractivity contribution in [2.75, 3.05) is 6.61 Å². The van der Waals surface area contributed by atoms with Crippen LogP contribution in [0.4, 0.5) is 13.2 Å². The largest absolute Gasteiger partial charge is 0.481 e. The summed E-state index contributed by atoms with van der Waals surface area (Å²) in [6, 6.07) is 9.39. The number of ether oxygens (including phenoxy) is 1. The van der Waals surface area contributed by atoms with E-state index in [0.29, 0.717) is 11.5 Å². The van der Waals surface area contributed by atoms with Crippen molar-refractivity contribution in [2.45, 2.75) is 25.9 Å². The van der Waals surface area contributed by atoms with Crippen LogP contribution in [0.15, 0.2) is 36.4 Å². The van der Waals surface area contributed by atoms with Gasteiger partial charge in [-0.25, -0.2) is 0 Å². The summed E-state index contributed by atoms with van der Waals surface area (Å²) < 4.78 is 45.5. The minimum Gasteiger partial charge on any atom is -0.481 e. The quantitative estimate of drug-likeness (QED) is 0.654. The fourth-order valence-corrected chi connectivity index (χ4v) is 2.40. The van der Waals surface area contributed by atoms with Crippen molar-refractivity contribution >= 4 is 0 Å². The molecule has 0 spiro atoms. The van der Waals surface area contributed by atoms with Crippen molar-refractivity contribution in [1.82, 2.24) is 0 Å². The van der Waals surface area contributed by atoms with Crippen molar-refractivity contribution in [1.29, 1.82) is 0 Å². The van der Waals surface area contributed by atoms with Crippen LogP contribution in [0.1, 0.15) is 36.5 Å². The van der Waals surface area contributed by atoms with Gasteiger partial charge in [0.25, 0.3) is 0 Å². The average molecular weight is 331 g/mol. The predicted octanol–water partition coefficient (Wildman–Crippen LogP) is 5.69. The number of hydrogen-bond acceptors (Lipinski definition) is 1. The molecule has 0 bridgehead atoms. The number of halogens is 3. The van der Waals surface area contributed by atoms with E-state index >= 15 is 0 Å². The summed E-state index contributed by atoms with van der Waals surface area (Å²) in [7, 11) is 0. The summed E-state index contributed by atoms with van der Waals surface area (Å²) in [6.07, 6.45) is 0.661. The fraction of sp³-hybridized carbons (Fsp3) is 0.250. The van der Waals surface area contributed by atoms with Gasteiger partial charge in [0.15, 0.2) is 0 Å². The Hall–Kier alpha value is -2.41. The predicted molar refractivity (Wildman–Crippen MR) is 89.8 cm³/mol. The number of terminal acetylenes is 1. The molecular formula is C20H18F3O. The molecule has 4 heteroatoms. The molecule has 2 aromatic rings. The maximum atomic E-state index is 13.4. The van der Waals surface area contributed by atoms with Gasteiger partial charge in [-0.15, -0.1) is 6.42 Å². The average Bonchev–Trinajstić information content (AvgIpc) is 2.52. The van der Waals surface area contributed by atoms with Gasteiger partial charge in [-0.2, -0.15) is 13.2 Å². The molecule has 2 rings (SSSR count). The zero-order valence-electron chi connectivity index (χ0n) is 13.6. The molecule has 0 saturated carbocycles. The van der Waals surface area contributed by atoms with Crippen molar-refractivity contribution in [3.05, 3.63) is 60.0 Å². The van der Waals surface area contributed by atoms with Crippen LogP contribution >= 0.6 is 0 Å². The number of hydrogen-bond donors (Lipinski definition) is 0. The van der Waals surface area contributed by atoms with Gasteiger partial charge in [0.1, 0.15) is 12.4 Å². The maximum absolute atomic E-state index is 13.4. The lowest BCUT2D eigenvalue weighted by Gasteiger charge is -2.17. The van der Waals surface area contributed by atoms with Crippen molar-refractivity contribution < 1.29 is 17.9 Å². The van der Waals surface area contributed by atoms with Gasteiger partial charge >= 0.3 is 6.18 Å². The standard InChI is InChI=1S/C20H18F3O/c1-5-10-24-19-12-17(18(11-14(19)4)20(21,22)23)16-8-6-15(7-9-16)13(2)3/h1,6-9,11-13H,4,10H2,2-3H3. The minimum atomic E-state index is -4.48. The second-order valence-corrected chi connectivity index (χ2v) is 5.77. The molecule has 125 valence electrons. The molecule has 0 N–H and O–H groups in total. The first-order valence-corrected chi connectivity index (χ1v) is 7.47. The van der Waals surface area contributed by atoms with Gasteiger partial charge in [0.05, 0.1) is 5.56 Å². The fourth-order valence-electron chi connectivity index (χ4n) is 2.40. The molecule has 0 heterocycles. The second-order valence-electron chi connectivity index (χ2n) is 5.77. The van der Waals surface area contributed by atoms with E-state index < -0.39 is 11.7 Å². The third-order valence-corrected chi connectivity index (χ3v) is 3.71. The van der Waals surface area contributed by atoms with Gasteiger partial charge in [-0.05, 0) is 47.2 Å². The highest BCUT2D eigenvalue weighted by Crippen LogP contribution is 2.40. The Morgan fingerprint density at radius 3 is 2.29 bits per heavy atom. The smallest absolute Gasteiger partial charge is 0.417 e. The first-order chi connectivity index (χ1) is 11.2. The van der Waals surface area contributed by atoms with Crippen LogP contribution in [0, 0.1) is 19.3 Å². The third-order valence-electron chi connectivity index (χ3n) is 3.71. The molecule has 0 amide bonds. The molecule has 0 atom stereocenters. The number of benzene rings is 2. The minimum absolute atomic E-state index is 0.0282. The molecule has 0 fully saturated rings. The summed E-state index contributed by atoms with van der Waals surface area (Å²) in [6.45, 7) is 7.65. The van der Waals surface area contributed by atoms with E-state index in [0.717, 1.165) is 11.6 Å². The Morgan fingerprint density at radius 1 is 1.17 bits per heavy atom. The highest BCUT2D eigenvalue weighted by atomic mass is 19.4. The lowest BCUT2D eigenvalue weighted by molar-refractivity contribution is -0.137. The van der Waals surface area contributed by atoms with E-state index in [1.54, 1.807) is 12.1 Å². The SMILES string of the molecule is C#CCOc1cc(-c2ccc(C(C)C)cc2)c(C(F)(F)F)cc1[CH2]. The zero-order chi connectivity index (χ0) is 17.9. The number of rotatable bonds is 4. The van der Waals surface area contributed by atoms with E-state index in [1.807, 2.05) is 26.0 Å². The van der Waals surface area contributed by atoms with Gasteiger partial charge in [-0.1, -0.05) is 44.0 Å². The number of alkyl halides is 3. The Kier molecular flexibility index (Phi) is 5.23. The molecule has 24 heavy (non-hydrogen) atoms. The molecule has 0 aromatic heterocycles. The van der Waals surface area contributed by atoms with Crippen LogP contribution in [0.3, 0.4) is 0 Å². The Morgan fingerprint density at radius 2 is 1.79 bits per heavy atom. The first kappa shape index (κ1) is 17.9. The summed E-state index contributed by atoms with van der Waals surface area (Å²) in [5.41, 5.74) is 0.998. The molecule has 0 aliphatic carbocycles. The lowest BCUT2D eigenvalue weighted by Crippen LogP contribution is -2.09. The molecule has 2 aromatic carbocycles. The van der Waals surface area contributed by atoms with Crippen LogP contribution in [-0.2, 0) is 6.18 Å². The van der Waals surface area contributed by atoms with Crippen LogP contribution in [0.2, 0.25) is 0 Å². The highest BCUT2D eigenvalue weighted by molar-refractivity contribution is 5.71. The van der Waals surface area contributed by atoms with Crippen molar-refractivity contribution in [3.63, 3.8) is 0 Å². The van der Waals surface area contributed by atoms with E-state index in [9.17, 15) is 13.2 Å². The van der Waals surface area contributed by atoms with E-state index in [1.165, 1.54) is 6.07 Å². The van der Waals surface area contributed by atoms with Crippen LogP contribution < -0.4 is 4.74 Å². The maximum Gasteiger partial charge on any atom is 0.417 e. The van der Waals surface area contributed by atoms with Crippen molar-refractivity contribution in [2.24, 2.45) is 0 Å². The normalized spacial score (nSPS) is 11.4. The van der Waals surface area contributed by atoms with Gasteiger partial charge < -0.3 is 4.74 Å². The third kappa shape index (κ3) is 3.91. The zero-order valence-corrected chi connectivity index (χ0v) is 13.6. The topological polar surface area (TPSA) is 9.23 Å². The molecular weight excluding hydrogens is 313 g/mol. The van der Waals surface area contributed by atoms with E-state index in [2.05, 4.69) is 12.8 Å². The van der Waals surface area contributed by atoms with Gasteiger partial charge in [-0.3, -0.25) is 0 Å². The second kappa shape index (κ2) is 7.00. The summed E-state index contributed by atoms with van der Waals surface area (Å²) in [5.74, 6) is 2.85. The molecule has 1 nitrogen and oxygen atoms in total.